The van der Waals surface area contributed by atoms with E-state index in [-0.39, 0.29) is 28.3 Å². The summed E-state index contributed by atoms with van der Waals surface area (Å²) >= 11 is 0. The summed E-state index contributed by atoms with van der Waals surface area (Å²) in [7, 11) is 0. The summed E-state index contributed by atoms with van der Waals surface area (Å²) in [6.07, 6.45) is 3.35. The van der Waals surface area contributed by atoms with Crippen molar-refractivity contribution in [3.63, 3.8) is 0 Å². The smallest absolute Gasteiger partial charge is 0.349 e. The second kappa shape index (κ2) is 4.95. The molecule has 1 amide bonds. The minimum atomic E-state index is -0.571. The quantitative estimate of drug-likeness (QED) is 0.856. The van der Waals surface area contributed by atoms with Gasteiger partial charge in [0.05, 0.1) is 0 Å². The summed E-state index contributed by atoms with van der Waals surface area (Å²) in [5.74, 6) is 0.324. The zero-order valence-electron chi connectivity index (χ0n) is 14.4. The molecule has 2 fully saturated rings. The van der Waals surface area contributed by atoms with Crippen molar-refractivity contribution in [1.29, 1.82) is 0 Å². The third-order valence-corrected chi connectivity index (χ3v) is 6.99. The van der Waals surface area contributed by atoms with Crippen LogP contribution in [0.2, 0.25) is 0 Å². The van der Waals surface area contributed by atoms with Crippen LogP contribution in [-0.4, -0.2) is 11.9 Å². The summed E-state index contributed by atoms with van der Waals surface area (Å²) in [5.41, 5.74) is 0.340. The maximum absolute atomic E-state index is 12.7. The van der Waals surface area contributed by atoms with Crippen LogP contribution in [-0.2, 0) is 0 Å². The van der Waals surface area contributed by atoms with Crippen LogP contribution in [0.25, 0.3) is 11.0 Å². The number of hydrogen-bond donors (Lipinski definition) is 1. The molecule has 1 N–H and O–H groups in total. The van der Waals surface area contributed by atoms with Crippen molar-refractivity contribution in [2.45, 2.75) is 46.1 Å². The minimum Gasteiger partial charge on any atom is -0.422 e. The molecule has 1 aromatic heterocycles. The second-order valence-corrected chi connectivity index (χ2v) is 8.12. The third kappa shape index (κ3) is 1.98. The molecule has 1 heterocycles. The summed E-state index contributed by atoms with van der Waals surface area (Å²) in [6, 6.07) is 9.00. The van der Waals surface area contributed by atoms with E-state index in [0.29, 0.717) is 11.5 Å². The van der Waals surface area contributed by atoms with Gasteiger partial charge in [-0.3, -0.25) is 4.79 Å². The molecule has 24 heavy (non-hydrogen) atoms. The number of amides is 1. The Balaban J connectivity index is 1.64. The van der Waals surface area contributed by atoms with Crippen LogP contribution in [0.4, 0.5) is 0 Å². The van der Waals surface area contributed by atoms with Crippen LogP contribution in [0, 0.1) is 16.7 Å². The van der Waals surface area contributed by atoms with Crippen molar-refractivity contribution in [2.24, 2.45) is 16.7 Å². The van der Waals surface area contributed by atoms with E-state index < -0.39 is 5.63 Å². The van der Waals surface area contributed by atoms with Crippen LogP contribution in [0.5, 0.6) is 0 Å². The molecule has 0 unspecified atom stereocenters. The van der Waals surface area contributed by atoms with Crippen molar-refractivity contribution in [2.75, 3.05) is 0 Å². The van der Waals surface area contributed by atoms with Crippen LogP contribution < -0.4 is 10.9 Å². The average Bonchev–Trinajstić information content (AvgIpc) is 2.87. The predicted octanol–water partition coefficient (Wildman–Crippen LogP) is 3.74. The molecule has 3 atom stereocenters. The molecule has 2 bridgehead atoms. The van der Waals surface area contributed by atoms with E-state index in [0.717, 1.165) is 18.2 Å². The largest absolute Gasteiger partial charge is 0.422 e. The lowest BCUT2D eigenvalue weighted by molar-refractivity contribution is 0.0823. The van der Waals surface area contributed by atoms with Gasteiger partial charge in [0.25, 0.3) is 5.91 Å². The summed E-state index contributed by atoms with van der Waals surface area (Å²) in [5, 5.41) is 3.89. The SMILES string of the molecule is CC1(C)[C@H]2CC[C@]1(C)[C@H](NC(=O)c1cc3ccccc3oc1=O)C2. The first kappa shape index (κ1) is 15.4. The highest BCUT2D eigenvalue weighted by molar-refractivity contribution is 5.96. The summed E-state index contributed by atoms with van der Waals surface area (Å²) < 4.78 is 5.29. The van der Waals surface area contributed by atoms with Gasteiger partial charge in [-0.25, -0.2) is 4.79 Å². The Bertz CT molecular complexity index is 882. The number of carbonyl (C=O) groups is 1. The van der Waals surface area contributed by atoms with Crippen molar-refractivity contribution in [3.8, 4) is 0 Å². The second-order valence-electron chi connectivity index (χ2n) is 8.12. The molecule has 1 aromatic carbocycles. The Morgan fingerprint density at radius 1 is 1.25 bits per heavy atom. The van der Waals surface area contributed by atoms with Gasteiger partial charge < -0.3 is 9.73 Å². The number of carbonyl (C=O) groups excluding carboxylic acids is 1. The van der Waals surface area contributed by atoms with Crippen molar-refractivity contribution in [3.05, 3.63) is 46.3 Å². The van der Waals surface area contributed by atoms with E-state index in [9.17, 15) is 9.59 Å². The number of benzene rings is 1. The number of para-hydroxylation sites is 1. The fraction of sp³-hybridized carbons (Fsp3) is 0.500. The fourth-order valence-corrected chi connectivity index (χ4v) is 4.88. The van der Waals surface area contributed by atoms with Crippen LogP contribution in [0.1, 0.15) is 50.4 Å². The highest BCUT2D eigenvalue weighted by Gasteiger charge is 2.61. The maximum atomic E-state index is 12.7. The zero-order valence-corrected chi connectivity index (χ0v) is 14.4. The molecule has 4 nitrogen and oxygen atoms in total. The lowest BCUT2D eigenvalue weighted by atomic mass is 9.69. The van der Waals surface area contributed by atoms with Gasteiger partial charge in [0, 0.05) is 11.4 Å². The van der Waals surface area contributed by atoms with Crippen molar-refractivity contribution < 1.29 is 9.21 Å². The van der Waals surface area contributed by atoms with Gasteiger partial charge in [-0.2, -0.15) is 0 Å². The lowest BCUT2D eigenvalue weighted by Gasteiger charge is -2.39. The summed E-state index contributed by atoms with van der Waals surface area (Å²) in [4.78, 5) is 24.9. The number of fused-ring (bicyclic) bond motifs is 3. The molecule has 4 rings (SSSR count). The number of rotatable bonds is 2. The average molecular weight is 325 g/mol. The molecule has 2 aromatic rings. The molecular formula is C20H23NO3. The molecule has 126 valence electrons. The Kier molecular flexibility index (Phi) is 3.18. The normalized spacial score (nSPS) is 30.6. The molecule has 2 aliphatic carbocycles. The van der Waals surface area contributed by atoms with E-state index in [2.05, 4.69) is 26.1 Å². The van der Waals surface area contributed by atoms with Gasteiger partial charge in [0.15, 0.2) is 0 Å². The number of nitrogens with one attached hydrogen (secondary N) is 1. The van der Waals surface area contributed by atoms with Crippen LogP contribution in [0.3, 0.4) is 0 Å². The van der Waals surface area contributed by atoms with E-state index >= 15 is 0 Å². The standard InChI is InChI=1S/C20H23NO3/c1-19(2)13-8-9-20(19,3)16(11-13)21-17(22)14-10-12-6-4-5-7-15(12)24-18(14)23/h4-7,10,13,16H,8-9,11H2,1-3H3,(H,21,22)/t13-,16+,20+/m0/s1. The Labute approximate surface area is 141 Å². The molecule has 4 heteroatoms. The molecular weight excluding hydrogens is 302 g/mol. The highest BCUT2D eigenvalue weighted by Crippen LogP contribution is 2.65. The van der Waals surface area contributed by atoms with E-state index in [1.165, 1.54) is 6.42 Å². The van der Waals surface area contributed by atoms with E-state index in [4.69, 9.17) is 4.42 Å². The van der Waals surface area contributed by atoms with Gasteiger partial charge in [-0.15, -0.1) is 0 Å². The van der Waals surface area contributed by atoms with Crippen molar-refractivity contribution in [1.82, 2.24) is 5.32 Å². The van der Waals surface area contributed by atoms with Crippen molar-refractivity contribution >= 4 is 16.9 Å². The molecule has 0 aliphatic heterocycles. The zero-order chi connectivity index (χ0) is 17.1. The molecule has 2 saturated carbocycles. The first-order valence-electron chi connectivity index (χ1n) is 8.67. The third-order valence-electron chi connectivity index (χ3n) is 6.99. The fourth-order valence-electron chi connectivity index (χ4n) is 4.88. The minimum absolute atomic E-state index is 0.0877. The van der Waals surface area contributed by atoms with Gasteiger partial charge in [-0.05, 0) is 48.1 Å². The van der Waals surface area contributed by atoms with Crippen LogP contribution >= 0.6 is 0 Å². The van der Waals surface area contributed by atoms with Crippen LogP contribution in [0.15, 0.2) is 39.5 Å². The van der Waals surface area contributed by atoms with Gasteiger partial charge in [0.2, 0.25) is 0 Å². The molecule has 2 aliphatic rings. The highest BCUT2D eigenvalue weighted by atomic mass is 16.4. The Morgan fingerprint density at radius 3 is 2.67 bits per heavy atom. The number of hydrogen-bond acceptors (Lipinski definition) is 3. The monoisotopic (exact) mass is 325 g/mol. The molecule has 0 spiro atoms. The van der Waals surface area contributed by atoms with Gasteiger partial charge in [-0.1, -0.05) is 39.0 Å². The Hall–Kier alpha value is -2.10. The summed E-state index contributed by atoms with van der Waals surface area (Å²) in [6.45, 7) is 6.89. The van der Waals surface area contributed by atoms with E-state index in [1.54, 1.807) is 12.1 Å². The van der Waals surface area contributed by atoms with Gasteiger partial charge >= 0.3 is 5.63 Å². The molecule has 0 saturated heterocycles. The Morgan fingerprint density at radius 2 is 2.00 bits per heavy atom. The predicted molar refractivity (Wildman–Crippen MR) is 93.0 cm³/mol. The van der Waals surface area contributed by atoms with E-state index in [1.807, 2.05) is 18.2 Å². The molecule has 0 radical (unpaired) electrons. The lowest BCUT2D eigenvalue weighted by Crippen LogP contribution is -2.47. The van der Waals surface area contributed by atoms with Gasteiger partial charge in [0.1, 0.15) is 11.1 Å². The first-order chi connectivity index (χ1) is 11.3. The maximum Gasteiger partial charge on any atom is 0.349 e. The first-order valence-corrected chi connectivity index (χ1v) is 8.67. The topological polar surface area (TPSA) is 59.3 Å².